The van der Waals surface area contributed by atoms with Gasteiger partial charge in [0.05, 0.1) is 26.9 Å². The number of aromatic nitrogens is 1. The van der Waals surface area contributed by atoms with Crippen molar-refractivity contribution >= 4 is 38.1 Å². The van der Waals surface area contributed by atoms with Gasteiger partial charge in [-0.3, -0.25) is 30.3 Å². The van der Waals surface area contributed by atoms with Gasteiger partial charge in [0.2, 0.25) is 10.4 Å². The highest BCUT2D eigenvalue weighted by atomic mass is 32.2. The molecule has 0 saturated heterocycles. The number of hydrogen-bond acceptors (Lipinski definition) is 9. The fourth-order valence-corrected chi connectivity index (χ4v) is 3.06. The molecule has 0 atom stereocenters. The van der Waals surface area contributed by atoms with Crippen molar-refractivity contribution < 1.29 is 32.7 Å². The number of fused-ring (bicyclic) bond motifs is 1. The van der Waals surface area contributed by atoms with Gasteiger partial charge in [0.1, 0.15) is 10.1 Å². The highest BCUT2D eigenvalue weighted by Crippen LogP contribution is 2.36. The Kier molecular flexibility index (Phi) is 6.10. The summed E-state index contributed by atoms with van der Waals surface area (Å²) in [6.07, 6.45) is 1.93. The summed E-state index contributed by atoms with van der Waals surface area (Å²) in [7, 11) is -5.55. The van der Waals surface area contributed by atoms with Gasteiger partial charge < -0.3 is 4.55 Å². The Morgan fingerprint density at radius 3 is 1.76 bits per heavy atom. The van der Waals surface area contributed by atoms with Crippen molar-refractivity contribution in [3.63, 3.8) is 0 Å². The van der Waals surface area contributed by atoms with Crippen LogP contribution in [0.3, 0.4) is 0 Å². The molecule has 1 aromatic heterocycles. The average molecular weight is 422 g/mol. The van der Waals surface area contributed by atoms with E-state index in [1.807, 2.05) is 24.4 Å². The van der Waals surface area contributed by atoms with Gasteiger partial charge in [0, 0.05) is 17.5 Å². The number of para-hydroxylation sites is 1. The number of nitrogens with one attached hydrogen (secondary N) is 1. The SMILES string of the molecule is O=[N+]([O-])c1cc([N+](=O)[O-])c(S(=O)(=O)[O-])c([N+](=O)[O-])c1.c1ccc2[nH+]cccc2c1. The van der Waals surface area contributed by atoms with Crippen LogP contribution in [0.25, 0.3) is 10.9 Å². The second kappa shape index (κ2) is 8.32. The first-order chi connectivity index (χ1) is 13.5. The van der Waals surface area contributed by atoms with Gasteiger partial charge in [-0.2, -0.15) is 0 Å². The van der Waals surface area contributed by atoms with Gasteiger partial charge in [-0.05, 0) is 12.1 Å². The number of benzene rings is 2. The average Bonchev–Trinajstić information content (AvgIpc) is 2.66. The van der Waals surface area contributed by atoms with Gasteiger partial charge in [-0.15, -0.1) is 0 Å². The Balaban J connectivity index is 0.000000248. The second-order valence-electron chi connectivity index (χ2n) is 5.30. The van der Waals surface area contributed by atoms with E-state index in [1.165, 1.54) is 10.9 Å². The van der Waals surface area contributed by atoms with Crippen molar-refractivity contribution in [1.82, 2.24) is 0 Å². The molecular formula is C15H10N4O9S. The molecule has 0 aliphatic rings. The molecule has 0 aliphatic carbocycles. The van der Waals surface area contributed by atoms with Crippen LogP contribution in [-0.2, 0) is 10.1 Å². The standard InChI is InChI=1S/C9H7N.C6H3N3O9S/c1-2-6-9-8(4-1)5-3-7-10-9;10-7(11)3-1-4(8(12)13)6(19(16,17)18)5(2-3)9(14)15/h1-7H;1-2H,(H,16,17,18). The molecule has 3 rings (SSSR count). The molecule has 0 amide bonds. The molecule has 0 unspecified atom stereocenters. The van der Waals surface area contributed by atoms with Crippen LogP contribution in [0.15, 0.2) is 59.6 Å². The summed E-state index contributed by atoms with van der Waals surface area (Å²) in [5.74, 6) is 0. The number of nitro groups is 3. The predicted octanol–water partition coefficient (Wildman–Crippen LogP) is 1.97. The molecule has 0 aliphatic heterocycles. The van der Waals surface area contributed by atoms with Crippen LogP contribution in [0.4, 0.5) is 17.1 Å². The Labute approximate surface area is 161 Å². The highest BCUT2D eigenvalue weighted by Gasteiger charge is 2.34. The van der Waals surface area contributed by atoms with Gasteiger partial charge in [0.15, 0.2) is 6.20 Å². The lowest BCUT2D eigenvalue weighted by atomic mass is 10.2. The largest absolute Gasteiger partial charge is 0.744 e. The summed E-state index contributed by atoms with van der Waals surface area (Å²) >= 11 is 0. The quantitative estimate of drug-likeness (QED) is 0.342. The van der Waals surface area contributed by atoms with Crippen molar-refractivity contribution in [2.75, 3.05) is 0 Å². The van der Waals surface area contributed by atoms with E-state index in [0.717, 1.165) is 0 Å². The molecule has 0 radical (unpaired) electrons. The van der Waals surface area contributed by atoms with Gasteiger partial charge in [0.25, 0.3) is 5.69 Å². The summed E-state index contributed by atoms with van der Waals surface area (Å²) < 4.78 is 32.5. The smallest absolute Gasteiger partial charge is 0.300 e. The Morgan fingerprint density at radius 1 is 0.793 bits per heavy atom. The molecule has 0 bridgehead atoms. The molecule has 3 aromatic rings. The number of hydrogen-bond donors (Lipinski definition) is 0. The lowest BCUT2D eigenvalue weighted by Gasteiger charge is -2.07. The van der Waals surface area contributed by atoms with E-state index in [0.29, 0.717) is 0 Å². The Bertz CT molecular complexity index is 1130. The van der Waals surface area contributed by atoms with Crippen LogP contribution in [0.5, 0.6) is 0 Å². The number of aromatic amines is 1. The number of rotatable bonds is 4. The van der Waals surface area contributed by atoms with Crippen LogP contribution in [0.1, 0.15) is 0 Å². The molecule has 13 nitrogen and oxygen atoms in total. The van der Waals surface area contributed by atoms with E-state index in [-0.39, 0.29) is 12.1 Å². The lowest BCUT2D eigenvalue weighted by Crippen LogP contribution is -2.08. The molecule has 29 heavy (non-hydrogen) atoms. The van der Waals surface area contributed by atoms with E-state index < -0.39 is 46.8 Å². The third-order valence-corrected chi connectivity index (χ3v) is 4.38. The third kappa shape index (κ3) is 5.02. The Hall–Kier alpha value is -4.04. The van der Waals surface area contributed by atoms with Crippen molar-refractivity contribution in [2.45, 2.75) is 4.90 Å². The minimum absolute atomic E-state index is 0.164. The predicted molar refractivity (Wildman–Crippen MR) is 94.9 cm³/mol. The maximum atomic E-state index is 10.8. The normalized spacial score (nSPS) is 10.7. The molecule has 1 N–H and O–H groups in total. The third-order valence-electron chi connectivity index (χ3n) is 3.46. The first kappa shape index (κ1) is 21.3. The molecule has 1 heterocycles. The number of pyridine rings is 1. The number of non-ortho nitro benzene ring substituents is 1. The molecule has 2 aromatic carbocycles. The molecule has 0 saturated carbocycles. The van der Waals surface area contributed by atoms with E-state index in [1.54, 1.807) is 0 Å². The van der Waals surface area contributed by atoms with Crippen LogP contribution < -0.4 is 4.98 Å². The zero-order valence-corrected chi connectivity index (χ0v) is 14.9. The summed E-state index contributed by atoms with van der Waals surface area (Å²) in [6, 6.07) is 12.6. The minimum atomic E-state index is -5.55. The van der Waals surface area contributed by atoms with Crippen LogP contribution in [0, 0.1) is 30.3 Å². The minimum Gasteiger partial charge on any atom is -0.744 e. The summed E-state index contributed by atoms with van der Waals surface area (Å²) in [5.41, 5.74) is -2.93. The van der Waals surface area contributed by atoms with Crippen molar-refractivity contribution in [3.05, 3.63) is 85.1 Å². The van der Waals surface area contributed by atoms with Crippen LogP contribution >= 0.6 is 0 Å². The molecule has 150 valence electrons. The van der Waals surface area contributed by atoms with E-state index >= 15 is 0 Å². The fourth-order valence-electron chi connectivity index (χ4n) is 2.28. The first-order valence-electron chi connectivity index (χ1n) is 7.45. The fraction of sp³-hybridized carbons (Fsp3) is 0. The van der Waals surface area contributed by atoms with Crippen LogP contribution in [-0.4, -0.2) is 27.7 Å². The second-order valence-corrected chi connectivity index (χ2v) is 6.61. The van der Waals surface area contributed by atoms with E-state index in [4.69, 9.17) is 0 Å². The topological polar surface area (TPSA) is 201 Å². The summed E-state index contributed by atoms with van der Waals surface area (Å²) in [6.45, 7) is 0. The molecular weight excluding hydrogens is 412 g/mol. The molecule has 0 spiro atoms. The van der Waals surface area contributed by atoms with Crippen molar-refractivity contribution in [2.24, 2.45) is 0 Å². The zero-order chi connectivity index (χ0) is 21.8. The van der Waals surface area contributed by atoms with Gasteiger partial charge >= 0.3 is 11.4 Å². The first-order valence-corrected chi connectivity index (χ1v) is 8.85. The Morgan fingerprint density at radius 2 is 1.31 bits per heavy atom. The number of H-pyrrole nitrogens is 1. The summed E-state index contributed by atoms with van der Waals surface area (Å²) in [5, 5.41) is 32.8. The van der Waals surface area contributed by atoms with Crippen molar-refractivity contribution in [3.8, 4) is 0 Å². The molecule has 14 heteroatoms. The number of nitro benzene ring substituents is 3. The maximum absolute atomic E-state index is 10.8. The van der Waals surface area contributed by atoms with Gasteiger partial charge in [-0.25, -0.2) is 13.4 Å². The monoisotopic (exact) mass is 422 g/mol. The molecule has 0 fully saturated rings. The lowest BCUT2D eigenvalue weighted by molar-refractivity contribution is -0.407. The zero-order valence-electron chi connectivity index (χ0n) is 14.1. The van der Waals surface area contributed by atoms with E-state index in [2.05, 4.69) is 23.2 Å². The van der Waals surface area contributed by atoms with Gasteiger partial charge in [-0.1, -0.05) is 12.1 Å². The van der Waals surface area contributed by atoms with Crippen LogP contribution in [0.2, 0.25) is 0 Å². The summed E-state index contributed by atoms with van der Waals surface area (Å²) in [4.78, 5) is 29.0. The van der Waals surface area contributed by atoms with E-state index in [9.17, 15) is 43.3 Å². The maximum Gasteiger partial charge on any atom is 0.300 e. The highest BCUT2D eigenvalue weighted by molar-refractivity contribution is 7.86. The van der Waals surface area contributed by atoms with Crippen molar-refractivity contribution in [1.29, 1.82) is 0 Å². The number of nitrogens with zero attached hydrogens (tertiary/aromatic N) is 3.